The quantitative estimate of drug-likeness (QED) is 0.756. The smallest absolute Gasteiger partial charge is 0.287 e. The van der Waals surface area contributed by atoms with Gasteiger partial charge in [0.05, 0.1) is 0 Å². The van der Waals surface area contributed by atoms with Gasteiger partial charge in [-0.05, 0) is 32.9 Å². The van der Waals surface area contributed by atoms with E-state index in [4.69, 9.17) is 0 Å². The summed E-state index contributed by atoms with van der Waals surface area (Å²) in [5.41, 5.74) is -0.103. The van der Waals surface area contributed by atoms with Crippen LogP contribution in [0.1, 0.15) is 30.4 Å². The van der Waals surface area contributed by atoms with Gasteiger partial charge in [-0.25, -0.2) is 4.98 Å². The third kappa shape index (κ3) is 2.24. The molecule has 5 heteroatoms. The molecule has 0 aliphatic carbocycles. The first-order valence-electron chi connectivity index (χ1n) is 5.61. The minimum Gasteiger partial charge on any atom is -0.344 e. The zero-order valence-electron chi connectivity index (χ0n) is 9.79. The van der Waals surface area contributed by atoms with E-state index in [0.717, 1.165) is 25.9 Å². The van der Waals surface area contributed by atoms with Crippen molar-refractivity contribution in [1.29, 1.82) is 0 Å². The topological polar surface area (TPSA) is 59.0 Å². The second kappa shape index (κ2) is 4.25. The predicted octanol–water partition coefficient (Wildman–Crippen LogP) is 0.292. The van der Waals surface area contributed by atoms with Crippen molar-refractivity contribution in [3.63, 3.8) is 0 Å². The zero-order chi connectivity index (χ0) is 11.6. The van der Waals surface area contributed by atoms with Gasteiger partial charge in [0.15, 0.2) is 5.82 Å². The number of amides is 1. The molecular weight excluding hydrogens is 204 g/mol. The summed E-state index contributed by atoms with van der Waals surface area (Å²) in [5.74, 6) is 0.386. The summed E-state index contributed by atoms with van der Waals surface area (Å²) in [6.45, 7) is 4.00. The first kappa shape index (κ1) is 11.1. The lowest BCUT2D eigenvalue weighted by Crippen LogP contribution is -2.52. The lowest BCUT2D eigenvalue weighted by molar-refractivity contribution is 0.0873. The molecule has 16 heavy (non-hydrogen) atoms. The Balaban J connectivity index is 2.04. The Labute approximate surface area is 95.2 Å². The van der Waals surface area contributed by atoms with Crippen molar-refractivity contribution in [1.82, 2.24) is 20.2 Å². The third-order valence-corrected chi connectivity index (χ3v) is 3.15. The van der Waals surface area contributed by atoms with Crippen LogP contribution in [0, 0.1) is 0 Å². The summed E-state index contributed by atoms with van der Waals surface area (Å²) in [4.78, 5) is 16.0. The lowest BCUT2D eigenvalue weighted by Gasteiger charge is -2.34. The van der Waals surface area contributed by atoms with Crippen LogP contribution >= 0.6 is 0 Å². The van der Waals surface area contributed by atoms with Crippen LogP contribution in [0.5, 0.6) is 0 Å². The molecule has 0 bridgehead atoms. The second-order valence-corrected chi connectivity index (χ2v) is 4.63. The van der Waals surface area contributed by atoms with Crippen LogP contribution in [-0.4, -0.2) is 34.1 Å². The normalized spacial score (nSPS) is 19.4. The van der Waals surface area contributed by atoms with Crippen molar-refractivity contribution in [3.8, 4) is 0 Å². The van der Waals surface area contributed by atoms with E-state index in [2.05, 4.69) is 22.5 Å². The van der Waals surface area contributed by atoms with Crippen molar-refractivity contribution >= 4 is 5.91 Å². The molecule has 0 aromatic carbocycles. The van der Waals surface area contributed by atoms with E-state index >= 15 is 0 Å². The van der Waals surface area contributed by atoms with Gasteiger partial charge in [-0.2, -0.15) is 0 Å². The van der Waals surface area contributed by atoms with Crippen molar-refractivity contribution < 1.29 is 4.79 Å². The number of carbonyl (C=O) groups is 1. The van der Waals surface area contributed by atoms with Crippen molar-refractivity contribution in [2.75, 3.05) is 13.1 Å². The predicted molar refractivity (Wildman–Crippen MR) is 61.2 cm³/mol. The molecule has 0 spiro atoms. The second-order valence-electron chi connectivity index (χ2n) is 4.63. The Bertz CT molecular complexity index is 379. The van der Waals surface area contributed by atoms with Crippen LogP contribution in [-0.2, 0) is 7.05 Å². The maximum atomic E-state index is 12.0. The van der Waals surface area contributed by atoms with Gasteiger partial charge < -0.3 is 15.2 Å². The SMILES string of the molecule is Cn1ccnc1C(=O)NC1(C)CCNCC1. The van der Waals surface area contributed by atoms with E-state index in [1.807, 2.05) is 7.05 Å². The Morgan fingerprint density at radius 3 is 2.81 bits per heavy atom. The Kier molecular flexibility index (Phi) is 2.96. The molecule has 1 amide bonds. The van der Waals surface area contributed by atoms with E-state index in [-0.39, 0.29) is 11.4 Å². The summed E-state index contributed by atoms with van der Waals surface area (Å²) in [7, 11) is 1.83. The number of nitrogens with zero attached hydrogens (tertiary/aromatic N) is 2. The van der Waals surface area contributed by atoms with Crippen molar-refractivity contribution in [2.24, 2.45) is 7.05 Å². The van der Waals surface area contributed by atoms with Gasteiger partial charge in [0.2, 0.25) is 0 Å². The highest BCUT2D eigenvalue weighted by Gasteiger charge is 2.29. The number of aromatic nitrogens is 2. The van der Waals surface area contributed by atoms with Gasteiger partial charge in [-0.15, -0.1) is 0 Å². The minimum absolute atomic E-state index is 0.0862. The molecular formula is C11H18N4O. The van der Waals surface area contributed by atoms with Crippen LogP contribution in [0.15, 0.2) is 12.4 Å². The number of nitrogens with one attached hydrogen (secondary N) is 2. The average molecular weight is 222 g/mol. The molecule has 0 saturated carbocycles. The molecule has 1 saturated heterocycles. The van der Waals surface area contributed by atoms with Crippen molar-refractivity contribution in [3.05, 3.63) is 18.2 Å². The van der Waals surface area contributed by atoms with Crippen LogP contribution in [0.3, 0.4) is 0 Å². The molecule has 5 nitrogen and oxygen atoms in total. The highest BCUT2D eigenvalue weighted by atomic mass is 16.2. The van der Waals surface area contributed by atoms with Gasteiger partial charge in [0, 0.05) is 25.0 Å². The number of rotatable bonds is 2. The molecule has 1 aromatic heterocycles. The molecule has 2 N–H and O–H groups in total. The number of carbonyl (C=O) groups excluding carboxylic acids is 1. The number of hydrogen-bond donors (Lipinski definition) is 2. The van der Waals surface area contributed by atoms with Gasteiger partial charge in [-0.3, -0.25) is 4.79 Å². The van der Waals surface area contributed by atoms with E-state index in [9.17, 15) is 4.79 Å². The summed E-state index contributed by atoms with van der Waals surface area (Å²) in [6, 6.07) is 0. The largest absolute Gasteiger partial charge is 0.344 e. The molecule has 1 aromatic rings. The highest BCUT2D eigenvalue weighted by Crippen LogP contribution is 2.17. The van der Waals surface area contributed by atoms with Crippen LogP contribution < -0.4 is 10.6 Å². The Morgan fingerprint density at radius 2 is 2.25 bits per heavy atom. The first-order valence-corrected chi connectivity index (χ1v) is 5.61. The van der Waals surface area contributed by atoms with E-state index in [1.54, 1.807) is 17.0 Å². The van der Waals surface area contributed by atoms with Crippen LogP contribution in [0.4, 0.5) is 0 Å². The Morgan fingerprint density at radius 1 is 1.56 bits per heavy atom. The fourth-order valence-corrected chi connectivity index (χ4v) is 2.02. The number of hydrogen-bond acceptors (Lipinski definition) is 3. The Hall–Kier alpha value is -1.36. The molecule has 1 aliphatic rings. The standard InChI is InChI=1S/C11H18N4O/c1-11(3-5-12-6-4-11)14-10(16)9-13-7-8-15(9)2/h7-8,12H,3-6H2,1-2H3,(H,14,16). The number of imidazole rings is 1. The van der Waals surface area contributed by atoms with Crippen LogP contribution in [0.25, 0.3) is 0 Å². The van der Waals surface area contributed by atoms with Gasteiger partial charge in [0.1, 0.15) is 0 Å². The molecule has 1 aliphatic heterocycles. The molecule has 88 valence electrons. The van der Waals surface area contributed by atoms with Gasteiger partial charge >= 0.3 is 0 Å². The van der Waals surface area contributed by atoms with Gasteiger partial charge in [0.25, 0.3) is 5.91 Å². The highest BCUT2D eigenvalue weighted by molar-refractivity contribution is 5.91. The monoisotopic (exact) mass is 222 g/mol. The number of piperidine rings is 1. The molecule has 2 rings (SSSR count). The average Bonchev–Trinajstić information content (AvgIpc) is 2.65. The zero-order valence-corrected chi connectivity index (χ0v) is 9.79. The number of aryl methyl sites for hydroxylation is 1. The summed E-state index contributed by atoms with van der Waals surface area (Å²) in [6.07, 6.45) is 5.34. The van der Waals surface area contributed by atoms with Crippen molar-refractivity contribution in [2.45, 2.75) is 25.3 Å². The third-order valence-electron chi connectivity index (χ3n) is 3.15. The molecule has 0 atom stereocenters. The minimum atomic E-state index is -0.103. The molecule has 0 unspecified atom stereocenters. The van der Waals surface area contributed by atoms with E-state index in [1.165, 1.54) is 0 Å². The fraction of sp³-hybridized carbons (Fsp3) is 0.636. The summed E-state index contributed by atoms with van der Waals surface area (Å²) >= 11 is 0. The maximum Gasteiger partial charge on any atom is 0.287 e. The van der Waals surface area contributed by atoms with E-state index < -0.39 is 0 Å². The lowest BCUT2D eigenvalue weighted by atomic mass is 9.90. The molecule has 0 radical (unpaired) electrons. The van der Waals surface area contributed by atoms with E-state index in [0.29, 0.717) is 5.82 Å². The summed E-state index contributed by atoms with van der Waals surface area (Å²) in [5, 5.41) is 6.36. The van der Waals surface area contributed by atoms with Gasteiger partial charge in [-0.1, -0.05) is 0 Å². The van der Waals surface area contributed by atoms with Crippen LogP contribution in [0.2, 0.25) is 0 Å². The summed E-state index contributed by atoms with van der Waals surface area (Å²) < 4.78 is 1.74. The molecule has 2 heterocycles. The molecule has 1 fully saturated rings. The maximum absolute atomic E-state index is 12.0. The fourth-order valence-electron chi connectivity index (χ4n) is 2.02. The first-order chi connectivity index (χ1) is 7.61.